The first-order valence-corrected chi connectivity index (χ1v) is 9.92. The van der Waals surface area contributed by atoms with Crippen LogP contribution in [0.5, 0.6) is 0 Å². The number of likely N-dealkylation sites (N-methyl/N-ethyl adjacent to an activating group) is 1. The zero-order valence-electron chi connectivity index (χ0n) is 16.6. The highest BCUT2D eigenvalue weighted by Gasteiger charge is 2.44. The minimum atomic E-state index is -0.692. The van der Waals surface area contributed by atoms with Crippen LogP contribution in [-0.4, -0.2) is 53.8 Å². The SMILES string of the molecule is CN(C)CCN1C(=O)C(O)=C(C(=O)c2cc3cc(Cl)ccc3o2)C1c1ccccc1. The molecule has 4 rings (SSSR count). The summed E-state index contributed by atoms with van der Waals surface area (Å²) >= 11 is 6.03. The number of hydrogen-bond acceptors (Lipinski definition) is 5. The third-order valence-corrected chi connectivity index (χ3v) is 5.39. The van der Waals surface area contributed by atoms with E-state index in [2.05, 4.69) is 0 Å². The number of carbonyl (C=O) groups is 2. The lowest BCUT2D eigenvalue weighted by Crippen LogP contribution is -2.36. The van der Waals surface area contributed by atoms with Gasteiger partial charge >= 0.3 is 0 Å². The lowest BCUT2D eigenvalue weighted by atomic mass is 9.95. The van der Waals surface area contributed by atoms with Crippen molar-refractivity contribution in [1.29, 1.82) is 0 Å². The zero-order chi connectivity index (χ0) is 21.4. The lowest BCUT2D eigenvalue weighted by molar-refractivity contribution is -0.129. The van der Waals surface area contributed by atoms with Crippen LogP contribution >= 0.6 is 11.6 Å². The Bertz CT molecular complexity index is 1150. The monoisotopic (exact) mass is 424 g/mol. The summed E-state index contributed by atoms with van der Waals surface area (Å²) < 4.78 is 5.71. The van der Waals surface area contributed by atoms with Gasteiger partial charge in [0.15, 0.2) is 11.5 Å². The van der Waals surface area contributed by atoms with Gasteiger partial charge in [-0.2, -0.15) is 0 Å². The van der Waals surface area contributed by atoms with Gasteiger partial charge in [0, 0.05) is 23.5 Å². The number of aliphatic hydroxyl groups is 1. The number of fused-ring (bicyclic) bond motifs is 1. The average Bonchev–Trinajstić information content (AvgIpc) is 3.25. The van der Waals surface area contributed by atoms with Crippen LogP contribution in [0.15, 0.2) is 70.3 Å². The topological polar surface area (TPSA) is 74.0 Å². The number of benzene rings is 2. The Hall–Kier alpha value is -3.09. The summed E-state index contributed by atoms with van der Waals surface area (Å²) in [5.74, 6) is -1.56. The highest BCUT2D eigenvalue weighted by molar-refractivity contribution is 6.31. The first-order valence-electron chi connectivity index (χ1n) is 9.54. The summed E-state index contributed by atoms with van der Waals surface area (Å²) in [6, 6.07) is 15.2. The lowest BCUT2D eigenvalue weighted by Gasteiger charge is -2.27. The second kappa shape index (κ2) is 7.97. The maximum Gasteiger partial charge on any atom is 0.290 e. The predicted octanol–water partition coefficient (Wildman–Crippen LogP) is 4.23. The molecule has 0 spiro atoms. The number of aliphatic hydroxyl groups excluding tert-OH is 1. The largest absolute Gasteiger partial charge is 0.503 e. The number of hydrogen-bond donors (Lipinski definition) is 1. The molecule has 0 saturated carbocycles. The minimum Gasteiger partial charge on any atom is -0.503 e. The van der Waals surface area contributed by atoms with Gasteiger partial charge in [0.1, 0.15) is 5.58 Å². The molecule has 0 fully saturated rings. The van der Waals surface area contributed by atoms with E-state index < -0.39 is 23.5 Å². The molecule has 3 aromatic rings. The van der Waals surface area contributed by atoms with E-state index in [1.807, 2.05) is 49.3 Å². The number of nitrogens with zero attached hydrogens (tertiary/aromatic N) is 2. The smallest absolute Gasteiger partial charge is 0.290 e. The normalized spacial score (nSPS) is 16.9. The highest BCUT2D eigenvalue weighted by atomic mass is 35.5. The molecule has 1 aliphatic heterocycles. The van der Waals surface area contributed by atoms with E-state index in [9.17, 15) is 14.7 Å². The Morgan fingerprint density at radius 2 is 1.90 bits per heavy atom. The maximum atomic E-state index is 13.4. The Morgan fingerprint density at radius 1 is 1.17 bits per heavy atom. The molecule has 2 heterocycles. The van der Waals surface area contributed by atoms with Crippen molar-refractivity contribution in [3.05, 3.63) is 82.3 Å². The summed E-state index contributed by atoms with van der Waals surface area (Å²) in [7, 11) is 3.80. The number of ketones is 1. The van der Waals surface area contributed by atoms with Crippen molar-refractivity contribution in [2.45, 2.75) is 6.04 Å². The molecule has 6 nitrogen and oxygen atoms in total. The fraction of sp³-hybridized carbons (Fsp3) is 0.217. The summed E-state index contributed by atoms with van der Waals surface area (Å²) in [5.41, 5.74) is 1.28. The van der Waals surface area contributed by atoms with Gasteiger partial charge in [0.05, 0.1) is 11.6 Å². The number of carbonyl (C=O) groups excluding carboxylic acids is 2. The van der Waals surface area contributed by atoms with Gasteiger partial charge in [-0.1, -0.05) is 41.9 Å². The minimum absolute atomic E-state index is 0.0232. The van der Waals surface area contributed by atoms with E-state index in [1.54, 1.807) is 24.3 Å². The molecule has 2 aromatic carbocycles. The number of amides is 1. The Kier molecular flexibility index (Phi) is 5.37. The van der Waals surface area contributed by atoms with Crippen molar-refractivity contribution in [2.24, 2.45) is 0 Å². The van der Waals surface area contributed by atoms with E-state index >= 15 is 0 Å². The molecule has 1 N–H and O–H groups in total. The number of halogens is 1. The molecule has 154 valence electrons. The molecular formula is C23H21ClN2O4. The molecule has 1 aliphatic rings. The summed E-state index contributed by atoms with van der Waals surface area (Å²) in [6.45, 7) is 0.953. The van der Waals surface area contributed by atoms with Crippen LogP contribution < -0.4 is 0 Å². The second-order valence-corrected chi connectivity index (χ2v) is 7.94. The molecule has 1 atom stereocenters. The van der Waals surface area contributed by atoms with Crippen LogP contribution in [0.4, 0.5) is 0 Å². The maximum absolute atomic E-state index is 13.4. The van der Waals surface area contributed by atoms with E-state index in [-0.39, 0.29) is 11.3 Å². The van der Waals surface area contributed by atoms with Crippen molar-refractivity contribution in [3.8, 4) is 0 Å². The van der Waals surface area contributed by atoms with E-state index in [1.165, 1.54) is 4.90 Å². The van der Waals surface area contributed by atoms with Gasteiger partial charge in [-0.25, -0.2) is 0 Å². The Morgan fingerprint density at radius 3 is 2.60 bits per heavy atom. The van der Waals surface area contributed by atoms with Crippen LogP contribution in [0.2, 0.25) is 5.02 Å². The molecule has 0 radical (unpaired) electrons. The Balaban J connectivity index is 1.78. The van der Waals surface area contributed by atoms with Gasteiger partial charge in [-0.3, -0.25) is 9.59 Å². The summed E-state index contributed by atoms with van der Waals surface area (Å²) in [6.07, 6.45) is 0. The molecular weight excluding hydrogens is 404 g/mol. The van der Waals surface area contributed by atoms with Crippen molar-refractivity contribution in [2.75, 3.05) is 27.2 Å². The predicted molar refractivity (Wildman–Crippen MR) is 115 cm³/mol. The quantitative estimate of drug-likeness (QED) is 0.599. The fourth-order valence-corrected chi connectivity index (χ4v) is 3.85. The third-order valence-electron chi connectivity index (χ3n) is 5.15. The van der Waals surface area contributed by atoms with Crippen molar-refractivity contribution >= 4 is 34.3 Å². The first-order chi connectivity index (χ1) is 14.4. The molecule has 1 aromatic heterocycles. The summed E-state index contributed by atoms with van der Waals surface area (Å²) in [4.78, 5) is 29.7. The van der Waals surface area contributed by atoms with E-state index in [0.717, 1.165) is 5.56 Å². The second-order valence-electron chi connectivity index (χ2n) is 7.50. The summed E-state index contributed by atoms with van der Waals surface area (Å²) in [5, 5.41) is 11.9. The molecule has 30 heavy (non-hydrogen) atoms. The van der Waals surface area contributed by atoms with Crippen molar-refractivity contribution in [3.63, 3.8) is 0 Å². The van der Waals surface area contributed by atoms with Crippen LogP contribution in [0, 0.1) is 0 Å². The number of furan rings is 1. The van der Waals surface area contributed by atoms with Gasteiger partial charge in [0.2, 0.25) is 5.78 Å². The Labute approximate surface area is 178 Å². The molecule has 0 aliphatic carbocycles. The van der Waals surface area contributed by atoms with Gasteiger partial charge in [-0.05, 0) is 43.9 Å². The molecule has 1 amide bonds. The molecule has 0 saturated heterocycles. The standard InChI is InChI=1S/C23H21ClN2O4/c1-25(2)10-11-26-20(14-6-4-3-5-7-14)19(22(28)23(26)29)21(27)18-13-15-12-16(24)8-9-17(15)30-18/h3-9,12-13,20,28H,10-11H2,1-2H3. The third kappa shape index (κ3) is 3.60. The molecule has 1 unspecified atom stereocenters. The van der Waals surface area contributed by atoms with Gasteiger partial charge < -0.3 is 19.3 Å². The van der Waals surface area contributed by atoms with E-state index in [4.69, 9.17) is 16.0 Å². The van der Waals surface area contributed by atoms with Crippen LogP contribution in [0.25, 0.3) is 11.0 Å². The number of Topliss-reactive ketones (excluding diaryl/α,β-unsaturated/α-hetero) is 1. The zero-order valence-corrected chi connectivity index (χ0v) is 17.4. The first kappa shape index (κ1) is 20.2. The van der Waals surface area contributed by atoms with Gasteiger partial charge in [-0.15, -0.1) is 0 Å². The average molecular weight is 425 g/mol. The van der Waals surface area contributed by atoms with Crippen LogP contribution in [0.3, 0.4) is 0 Å². The van der Waals surface area contributed by atoms with Crippen molar-refractivity contribution in [1.82, 2.24) is 9.80 Å². The molecule has 0 bridgehead atoms. The number of rotatable bonds is 6. The fourth-order valence-electron chi connectivity index (χ4n) is 3.66. The van der Waals surface area contributed by atoms with Gasteiger partial charge in [0.25, 0.3) is 5.91 Å². The highest BCUT2D eigenvalue weighted by Crippen LogP contribution is 2.39. The van der Waals surface area contributed by atoms with Crippen LogP contribution in [0.1, 0.15) is 22.2 Å². The van der Waals surface area contributed by atoms with E-state index in [0.29, 0.717) is 29.1 Å². The van der Waals surface area contributed by atoms with Crippen LogP contribution in [-0.2, 0) is 4.79 Å². The molecule has 7 heteroatoms. The van der Waals surface area contributed by atoms with Crippen molar-refractivity contribution < 1.29 is 19.1 Å².